The molecule has 7 heteroatoms. The quantitative estimate of drug-likeness (QED) is 0.693. The molecular formula is C21H23NO5S. The molecule has 0 saturated carbocycles. The Morgan fingerprint density at radius 1 is 1.04 bits per heavy atom. The fourth-order valence-corrected chi connectivity index (χ4v) is 4.97. The Kier molecular flexibility index (Phi) is 6.14. The van der Waals surface area contributed by atoms with Crippen molar-refractivity contribution < 1.29 is 22.7 Å². The number of nitrogens with zero attached hydrogens (tertiary/aromatic N) is 1. The number of likely N-dealkylation sites (N-methyl/N-ethyl adjacent to an activating group) is 1. The molecule has 148 valence electrons. The summed E-state index contributed by atoms with van der Waals surface area (Å²) in [5.41, 5.74) is 2.95. The third kappa shape index (κ3) is 5.19. The lowest BCUT2D eigenvalue weighted by molar-refractivity contribution is -0.151. The van der Waals surface area contributed by atoms with Crippen molar-refractivity contribution in [3.63, 3.8) is 0 Å². The van der Waals surface area contributed by atoms with E-state index in [4.69, 9.17) is 4.74 Å². The highest BCUT2D eigenvalue weighted by Gasteiger charge is 2.32. The predicted molar refractivity (Wildman–Crippen MR) is 106 cm³/mol. The van der Waals surface area contributed by atoms with Crippen molar-refractivity contribution in [1.82, 2.24) is 4.90 Å². The van der Waals surface area contributed by atoms with E-state index in [1.807, 2.05) is 54.6 Å². The van der Waals surface area contributed by atoms with E-state index in [0.717, 1.165) is 16.7 Å². The lowest BCUT2D eigenvalue weighted by Crippen LogP contribution is -2.40. The summed E-state index contributed by atoms with van der Waals surface area (Å²) in [6, 6.07) is 17.2. The van der Waals surface area contributed by atoms with Crippen LogP contribution in [0.5, 0.6) is 0 Å². The van der Waals surface area contributed by atoms with E-state index < -0.39 is 21.7 Å². The Balaban J connectivity index is 1.48. The van der Waals surface area contributed by atoms with Crippen molar-refractivity contribution in [3.05, 3.63) is 60.2 Å². The fraction of sp³-hybridized carbons (Fsp3) is 0.333. The molecule has 1 saturated heterocycles. The van der Waals surface area contributed by atoms with Crippen LogP contribution < -0.4 is 0 Å². The van der Waals surface area contributed by atoms with Crippen LogP contribution in [0.25, 0.3) is 11.1 Å². The molecule has 0 radical (unpaired) electrons. The monoisotopic (exact) mass is 401 g/mol. The van der Waals surface area contributed by atoms with Crippen molar-refractivity contribution >= 4 is 21.7 Å². The molecule has 1 atom stereocenters. The molecule has 1 aliphatic heterocycles. The van der Waals surface area contributed by atoms with Crippen molar-refractivity contribution in [2.45, 2.75) is 18.9 Å². The average Bonchev–Trinajstić information content (AvgIpc) is 3.06. The molecule has 2 aromatic carbocycles. The van der Waals surface area contributed by atoms with Crippen molar-refractivity contribution in [2.75, 3.05) is 25.2 Å². The van der Waals surface area contributed by atoms with Gasteiger partial charge in [-0.05, 0) is 23.1 Å². The third-order valence-electron chi connectivity index (χ3n) is 4.92. The maximum absolute atomic E-state index is 12.2. The molecule has 3 rings (SSSR count). The van der Waals surface area contributed by atoms with E-state index >= 15 is 0 Å². The SMILES string of the molecule is CN(C(=O)COC(=O)Cc1ccc(-c2ccccc2)cc1)[C@@H]1CCS(=O)(=O)C1. The first-order valence-corrected chi connectivity index (χ1v) is 10.9. The summed E-state index contributed by atoms with van der Waals surface area (Å²) < 4.78 is 28.1. The first kappa shape index (κ1) is 20.1. The van der Waals surface area contributed by atoms with E-state index in [9.17, 15) is 18.0 Å². The number of esters is 1. The standard InChI is InChI=1S/C21H23NO5S/c1-22(19-11-12-28(25,26)15-19)20(23)14-27-21(24)13-16-7-9-18(10-8-16)17-5-3-2-4-6-17/h2-10,19H,11-15H2,1H3/t19-/m1/s1. The summed E-state index contributed by atoms with van der Waals surface area (Å²) in [7, 11) is -1.53. The minimum atomic E-state index is -3.07. The molecule has 0 bridgehead atoms. The largest absolute Gasteiger partial charge is 0.455 e. The van der Waals surface area contributed by atoms with Crippen LogP contribution in [0.1, 0.15) is 12.0 Å². The van der Waals surface area contributed by atoms with Crippen LogP contribution >= 0.6 is 0 Å². The van der Waals surface area contributed by atoms with Crippen molar-refractivity contribution in [3.8, 4) is 11.1 Å². The van der Waals surface area contributed by atoms with E-state index in [2.05, 4.69) is 0 Å². The van der Waals surface area contributed by atoms with Gasteiger partial charge in [-0.3, -0.25) is 9.59 Å². The first-order chi connectivity index (χ1) is 13.3. The summed E-state index contributed by atoms with van der Waals surface area (Å²) >= 11 is 0. The predicted octanol–water partition coefficient (Wildman–Crippen LogP) is 2.08. The van der Waals surface area contributed by atoms with Gasteiger partial charge in [0.05, 0.1) is 17.9 Å². The van der Waals surface area contributed by atoms with Crippen LogP contribution in [-0.4, -0.2) is 56.4 Å². The van der Waals surface area contributed by atoms with Gasteiger partial charge >= 0.3 is 5.97 Å². The van der Waals surface area contributed by atoms with Gasteiger partial charge in [-0.15, -0.1) is 0 Å². The molecule has 0 unspecified atom stereocenters. The summed E-state index contributed by atoms with van der Waals surface area (Å²) in [6.07, 6.45) is 0.496. The topological polar surface area (TPSA) is 80.8 Å². The van der Waals surface area contributed by atoms with Gasteiger partial charge in [0, 0.05) is 13.1 Å². The molecule has 1 aliphatic rings. The highest BCUT2D eigenvalue weighted by molar-refractivity contribution is 7.91. The van der Waals surface area contributed by atoms with Crippen molar-refractivity contribution in [2.24, 2.45) is 0 Å². The minimum Gasteiger partial charge on any atom is -0.455 e. The molecular weight excluding hydrogens is 378 g/mol. The molecule has 0 N–H and O–H groups in total. The number of sulfone groups is 1. The maximum atomic E-state index is 12.2. The zero-order valence-electron chi connectivity index (χ0n) is 15.7. The molecule has 2 aromatic rings. The molecule has 1 fully saturated rings. The Bertz CT molecular complexity index is 939. The number of rotatable bonds is 6. The highest BCUT2D eigenvalue weighted by Crippen LogP contribution is 2.20. The maximum Gasteiger partial charge on any atom is 0.310 e. The van der Waals surface area contributed by atoms with Crippen molar-refractivity contribution in [1.29, 1.82) is 0 Å². The number of amides is 1. The van der Waals surface area contributed by atoms with Gasteiger partial charge in [0.1, 0.15) is 0 Å². The molecule has 6 nitrogen and oxygen atoms in total. The van der Waals surface area contributed by atoms with Gasteiger partial charge in [0.15, 0.2) is 16.4 Å². The number of carbonyl (C=O) groups excluding carboxylic acids is 2. The zero-order chi connectivity index (χ0) is 20.1. The van der Waals surface area contributed by atoms with Gasteiger partial charge < -0.3 is 9.64 Å². The third-order valence-corrected chi connectivity index (χ3v) is 6.67. The molecule has 0 aromatic heterocycles. The van der Waals surface area contributed by atoms with Crippen LogP contribution in [-0.2, 0) is 30.6 Å². The number of hydrogen-bond donors (Lipinski definition) is 0. The summed E-state index contributed by atoms with van der Waals surface area (Å²) in [5.74, 6) is -0.825. The second-order valence-electron chi connectivity index (χ2n) is 6.96. The van der Waals surface area contributed by atoms with Gasteiger partial charge in [-0.25, -0.2) is 8.42 Å². The Hall–Kier alpha value is -2.67. The van der Waals surface area contributed by atoms with E-state index in [-0.39, 0.29) is 30.6 Å². The normalized spacial score (nSPS) is 17.8. The minimum absolute atomic E-state index is 0.0308. The Morgan fingerprint density at radius 3 is 2.29 bits per heavy atom. The number of carbonyl (C=O) groups is 2. The summed E-state index contributed by atoms with van der Waals surface area (Å²) in [4.78, 5) is 25.6. The van der Waals surface area contributed by atoms with E-state index in [1.165, 1.54) is 4.90 Å². The van der Waals surface area contributed by atoms with E-state index in [1.54, 1.807) is 7.05 Å². The number of ether oxygens (including phenoxy) is 1. The Labute approximate surface area is 165 Å². The fourth-order valence-electron chi connectivity index (χ4n) is 3.19. The smallest absolute Gasteiger partial charge is 0.310 e. The van der Waals surface area contributed by atoms with Crippen LogP contribution in [0.15, 0.2) is 54.6 Å². The molecule has 1 amide bonds. The van der Waals surface area contributed by atoms with Crippen LogP contribution in [0.3, 0.4) is 0 Å². The highest BCUT2D eigenvalue weighted by atomic mass is 32.2. The zero-order valence-corrected chi connectivity index (χ0v) is 16.5. The van der Waals surface area contributed by atoms with Crippen LogP contribution in [0.4, 0.5) is 0 Å². The first-order valence-electron chi connectivity index (χ1n) is 9.10. The van der Waals surface area contributed by atoms with E-state index in [0.29, 0.717) is 6.42 Å². The second-order valence-corrected chi connectivity index (χ2v) is 9.19. The number of benzene rings is 2. The molecule has 0 aliphatic carbocycles. The van der Waals surface area contributed by atoms with Gasteiger partial charge in [0.2, 0.25) is 0 Å². The molecule has 28 heavy (non-hydrogen) atoms. The summed E-state index contributed by atoms with van der Waals surface area (Å²) in [5, 5.41) is 0. The second kappa shape index (κ2) is 8.56. The summed E-state index contributed by atoms with van der Waals surface area (Å²) in [6.45, 7) is -0.381. The molecule has 0 spiro atoms. The average molecular weight is 401 g/mol. The Morgan fingerprint density at radius 2 is 1.68 bits per heavy atom. The van der Waals surface area contributed by atoms with Crippen LogP contribution in [0, 0.1) is 0 Å². The van der Waals surface area contributed by atoms with Gasteiger partial charge in [-0.2, -0.15) is 0 Å². The van der Waals surface area contributed by atoms with Crippen LogP contribution in [0.2, 0.25) is 0 Å². The molecule has 1 heterocycles. The lowest BCUT2D eigenvalue weighted by Gasteiger charge is -2.23. The van der Waals surface area contributed by atoms with Gasteiger partial charge in [0.25, 0.3) is 5.91 Å². The number of hydrogen-bond acceptors (Lipinski definition) is 5. The lowest BCUT2D eigenvalue weighted by atomic mass is 10.0. The van der Waals surface area contributed by atoms with Gasteiger partial charge in [-0.1, -0.05) is 54.6 Å².